The first-order valence-corrected chi connectivity index (χ1v) is 49.9. The van der Waals surface area contributed by atoms with Crippen LogP contribution in [0.25, 0.3) is 0 Å². The van der Waals surface area contributed by atoms with Crippen molar-refractivity contribution in [3.05, 3.63) is 184 Å². The number of para-hydroxylation sites is 5. The van der Waals surface area contributed by atoms with E-state index in [2.05, 4.69) is 157 Å². The first kappa shape index (κ1) is 110. The molecule has 6 atom stereocenters. The number of unbranched alkanes of at least 4 members (excludes halogenated alkanes) is 12. The van der Waals surface area contributed by atoms with E-state index >= 15 is 0 Å². The lowest BCUT2D eigenvalue weighted by Crippen LogP contribution is -2.12. The van der Waals surface area contributed by atoms with E-state index in [-0.39, 0.29) is 33.6 Å². The Morgan fingerprint density at radius 3 is 0.940 bits per heavy atom. The minimum Gasteiger partial charge on any atom is -0.376 e. The molecule has 6 rings (SSSR count). The van der Waals surface area contributed by atoms with Crippen LogP contribution in [0.5, 0.6) is 0 Å². The largest absolute Gasteiger partial charge is 0.418 e. The smallest absolute Gasteiger partial charge is 0.376 e. The molecule has 0 aliphatic heterocycles. The van der Waals surface area contributed by atoms with Gasteiger partial charge in [0.05, 0.1) is 62.7 Å². The van der Waals surface area contributed by atoms with Crippen LogP contribution in [0.2, 0.25) is 0 Å². The zero-order valence-corrected chi connectivity index (χ0v) is 78.3. The van der Waals surface area contributed by atoms with Gasteiger partial charge in [-0.1, -0.05) is 271 Å². The van der Waals surface area contributed by atoms with E-state index in [1.807, 2.05) is 66.5 Å². The van der Waals surface area contributed by atoms with E-state index in [9.17, 15) is 45.2 Å². The molecule has 0 aliphatic carbocycles. The summed E-state index contributed by atoms with van der Waals surface area (Å²) in [5.74, 6) is 4.01. The average molecular weight is 1750 g/mol. The zero-order valence-electron chi connectivity index (χ0n) is 73.4. The summed E-state index contributed by atoms with van der Waals surface area (Å²) in [6.07, 6.45) is 28.6. The van der Waals surface area contributed by atoms with Crippen molar-refractivity contribution < 1.29 is 40.0 Å². The summed E-state index contributed by atoms with van der Waals surface area (Å²) in [6.45, 7) is 30.1. The molecule has 0 fully saturated rings. The number of alkyl halides is 6. The van der Waals surface area contributed by atoms with Crippen LogP contribution in [-0.2, 0) is 12.4 Å². The molecule has 6 aromatic rings. The van der Waals surface area contributed by atoms with Crippen LogP contribution >= 0.6 is 70.6 Å². The number of rotatable bonds is 55. The van der Waals surface area contributed by atoms with E-state index in [1.54, 1.807) is 72.9 Å². The van der Waals surface area contributed by atoms with Gasteiger partial charge < -0.3 is 31.9 Å². The minimum atomic E-state index is -4.32. The van der Waals surface area contributed by atoms with Crippen LogP contribution in [0, 0.1) is 35.6 Å². The number of halogens is 8. The highest BCUT2D eigenvalue weighted by atomic mass is 32.2. The van der Waals surface area contributed by atoms with Gasteiger partial charge in [0.25, 0.3) is 5.69 Å². The first-order valence-electron chi connectivity index (χ1n) is 43.6. The Labute approximate surface area is 729 Å². The number of hydrogen-bond acceptors (Lipinski definition) is 14. The maximum Gasteiger partial charge on any atom is 0.418 e. The molecule has 664 valence electrons. The number of nitro groups is 1. The third kappa shape index (κ3) is 54.2. The van der Waals surface area contributed by atoms with Gasteiger partial charge >= 0.3 is 12.4 Å². The van der Waals surface area contributed by atoms with E-state index in [0.29, 0.717) is 60.6 Å². The van der Waals surface area contributed by atoms with E-state index in [0.717, 1.165) is 72.5 Å². The van der Waals surface area contributed by atoms with Gasteiger partial charge in [-0.2, -0.15) is 26.3 Å². The Morgan fingerprint density at radius 2 is 0.598 bits per heavy atom. The number of nitrogens with zero attached hydrogens (tertiary/aromatic N) is 1. The predicted molar refractivity (Wildman–Crippen MR) is 511 cm³/mol. The summed E-state index contributed by atoms with van der Waals surface area (Å²) in [4.78, 5) is 10.6. The van der Waals surface area contributed by atoms with Gasteiger partial charge in [0.15, 0.2) is 0 Å². The zero-order chi connectivity index (χ0) is 86.8. The van der Waals surface area contributed by atoms with Gasteiger partial charge in [0.1, 0.15) is 17.3 Å². The molecule has 0 saturated carbocycles. The lowest BCUT2D eigenvalue weighted by molar-refractivity contribution is -0.383. The molecule has 23 heteroatoms. The molecule has 0 spiro atoms. The highest BCUT2D eigenvalue weighted by Gasteiger charge is 2.34. The van der Waals surface area contributed by atoms with E-state index < -0.39 is 23.5 Å². The fourth-order valence-corrected chi connectivity index (χ4v) is 18.5. The van der Waals surface area contributed by atoms with Gasteiger partial charge in [-0.15, -0.1) is 70.6 Å². The normalized spacial score (nSPS) is 12.6. The van der Waals surface area contributed by atoms with Gasteiger partial charge in [0, 0.05) is 54.6 Å². The molecule has 0 aliphatic rings. The molecular weight excluding hydrogens is 1600 g/mol. The van der Waals surface area contributed by atoms with Crippen LogP contribution in [-0.4, -0.2) is 71.7 Å². The van der Waals surface area contributed by atoms with Gasteiger partial charge in [0.2, 0.25) is 0 Å². The number of thioether (sulfide) groups is 6. The number of nitrogens with one attached hydrogen (secondary N) is 6. The number of anilines is 6. The number of nitro benzene ring substituents is 1. The molecule has 6 N–H and O–H groups in total. The molecular formula is C94H149F8N7O2S6. The predicted octanol–water partition coefficient (Wildman–Crippen LogP) is 33.7. The average Bonchev–Trinajstić information content (AvgIpc) is 0.827. The molecule has 0 amide bonds. The van der Waals surface area contributed by atoms with E-state index in [4.69, 9.17) is 0 Å². The van der Waals surface area contributed by atoms with E-state index in [1.165, 1.54) is 203 Å². The number of hydrogen-bond donors (Lipinski definition) is 6. The molecule has 0 unspecified atom stereocenters. The van der Waals surface area contributed by atoms with Crippen molar-refractivity contribution in [2.75, 3.05) is 67.2 Å². The van der Waals surface area contributed by atoms with Crippen molar-refractivity contribution >= 4 is 110 Å². The highest BCUT2D eigenvalue weighted by molar-refractivity contribution is 8.01. The van der Waals surface area contributed by atoms with Crippen molar-refractivity contribution in [2.45, 2.75) is 333 Å². The van der Waals surface area contributed by atoms with Crippen LogP contribution in [0.3, 0.4) is 0 Å². The minimum absolute atomic E-state index is 0.145. The maximum atomic E-state index is 13.6. The van der Waals surface area contributed by atoms with Crippen LogP contribution in [0.1, 0.15) is 298 Å². The van der Waals surface area contributed by atoms with Crippen molar-refractivity contribution in [3.63, 3.8) is 0 Å². The quantitative estimate of drug-likeness (QED) is 0.00716. The van der Waals surface area contributed by atoms with Crippen LogP contribution in [0.15, 0.2) is 140 Å². The molecule has 9 nitrogen and oxygen atoms in total. The fourth-order valence-electron chi connectivity index (χ4n) is 12.2. The molecule has 0 bridgehead atoms. The van der Waals surface area contributed by atoms with Gasteiger partial charge in [-0.3, -0.25) is 10.1 Å². The molecule has 0 heterocycles. The summed E-state index contributed by atoms with van der Waals surface area (Å²) < 4.78 is 105. The fraction of sp³-hybridized carbons (Fsp3) is 0.617. The third-order valence-corrected chi connectivity index (χ3v) is 27.7. The second-order valence-corrected chi connectivity index (χ2v) is 37.0. The Kier molecular flexibility index (Phi) is 66.4. The molecule has 6 aromatic carbocycles. The first-order chi connectivity index (χ1) is 56.4. The van der Waals surface area contributed by atoms with Crippen LogP contribution < -0.4 is 31.9 Å². The maximum absolute atomic E-state index is 13.6. The summed E-state index contributed by atoms with van der Waals surface area (Å²) in [5.41, 5.74) is 3.95. The molecule has 0 aromatic heterocycles. The van der Waals surface area contributed by atoms with Crippen molar-refractivity contribution in [1.82, 2.24) is 0 Å². The third-order valence-electron chi connectivity index (χ3n) is 19.6. The SMILES string of the molecule is CCCCC[C@@H](CC)SCNc1ccc(C)cc1C(F)(F)F.CCCCC[C@@H](CC)SCNc1ccc(C)cc1F.CCCCC[C@@H](CC)SCNc1ccccc1.CCCCC[C@@H](CC)SCNc1ccccc1C(F)(F)F.CCCCC[C@@H](CC)SCNc1ccccc1F.CCCCC[C@@H](CC)SCNc1ccccc1[N+](=O)[O-]. The Balaban J connectivity index is 0.000000703. The van der Waals surface area contributed by atoms with Crippen molar-refractivity contribution in [3.8, 4) is 0 Å². The van der Waals surface area contributed by atoms with Gasteiger partial charge in [-0.25, -0.2) is 8.78 Å². The lowest BCUT2D eigenvalue weighted by atomic mass is 10.1. The highest BCUT2D eigenvalue weighted by Crippen LogP contribution is 2.38. The molecule has 0 saturated heterocycles. The van der Waals surface area contributed by atoms with Crippen molar-refractivity contribution in [1.29, 1.82) is 0 Å². The number of benzene rings is 6. The molecule has 117 heavy (non-hydrogen) atoms. The Bertz CT molecular complexity index is 3370. The second kappa shape index (κ2) is 70.6. The van der Waals surface area contributed by atoms with Crippen molar-refractivity contribution in [2.24, 2.45) is 0 Å². The standard InChI is InChI=1S/C17H26F3NS.C16H24F3NS.C16H26FNS.C15H24FNS.C15H24N2O2S.C15H25NS/c1-4-6-7-8-14(5-2)22-12-21-16-10-9-13(3)11-15(16)17(18,19)20;1-3-5-6-9-13(4-2)21-12-20-15-11-8-7-10-14(15)16(17,18)19;1-4-6-7-8-14(5-2)19-12-18-16-10-9-13(3)11-15(16)17;1-3-5-6-9-13(4-2)18-12-17-15-11-8-7-10-14(15)16;1-3-5-6-9-13(4-2)20-12-16-14-10-7-8-11-15(14)17(18)19;1-3-5-7-12-15(4-2)17-13-16-14-10-8-6-9-11-14/h9-11,14,21H,4-8,12H2,1-3H3;7-8,10-11,13,20H,3-6,9,12H2,1-2H3;9-11,14,18H,4-8,12H2,1-3H3;7-8,10-11,13,17H,3-6,9,12H2,1-2H3;7-8,10-11,13,16H,3-6,9,12H2,1-2H3;6,8-11,15-16H,3-5,7,12-13H2,1-2H3/t14-;13-;14-;2*13-;15-/m111111/s1. The lowest BCUT2D eigenvalue weighted by Gasteiger charge is -2.18. The van der Waals surface area contributed by atoms with Crippen LogP contribution in [0.4, 0.5) is 74.9 Å². The summed E-state index contributed by atoms with van der Waals surface area (Å²) in [6, 6.07) is 39.5. The summed E-state index contributed by atoms with van der Waals surface area (Å²) >= 11 is 11.1. The Hall–Kier alpha value is -4.94. The summed E-state index contributed by atoms with van der Waals surface area (Å²) in [5, 5.41) is 33.6. The number of aryl methyl sites for hydroxylation is 2. The summed E-state index contributed by atoms with van der Waals surface area (Å²) in [7, 11) is 0. The monoisotopic (exact) mass is 1750 g/mol. The second-order valence-electron chi connectivity index (χ2n) is 29.3. The van der Waals surface area contributed by atoms with Gasteiger partial charge in [-0.05, 0) is 163 Å². The Morgan fingerprint density at radius 1 is 0.316 bits per heavy atom. The topological polar surface area (TPSA) is 115 Å². The molecule has 0 radical (unpaired) electrons.